The zero-order chi connectivity index (χ0) is 18.4. The number of nitrogens with one attached hydrogen (secondary N) is 1. The van der Waals surface area contributed by atoms with Crippen molar-refractivity contribution in [3.05, 3.63) is 47.8 Å². The molecule has 5 atom stereocenters. The van der Waals surface area contributed by atoms with Crippen molar-refractivity contribution >= 4 is 17.7 Å². The molecule has 2 fully saturated rings. The van der Waals surface area contributed by atoms with E-state index in [0.29, 0.717) is 5.56 Å². The van der Waals surface area contributed by atoms with Gasteiger partial charge < -0.3 is 10.4 Å². The molecule has 1 saturated carbocycles. The molecule has 1 heterocycles. The number of halogens is 1. The lowest BCUT2D eigenvalue weighted by Gasteiger charge is -2.18. The van der Waals surface area contributed by atoms with Gasteiger partial charge in [0.25, 0.3) is 0 Å². The van der Waals surface area contributed by atoms with Crippen molar-refractivity contribution in [1.82, 2.24) is 10.2 Å². The van der Waals surface area contributed by atoms with E-state index in [4.69, 9.17) is 0 Å². The Bertz CT molecular complexity index is 761. The first-order valence-corrected chi connectivity index (χ1v) is 8.69. The van der Waals surface area contributed by atoms with Crippen LogP contribution in [0, 0.1) is 29.5 Å². The molecule has 26 heavy (non-hydrogen) atoms. The lowest BCUT2D eigenvalue weighted by Crippen LogP contribution is -2.42. The molecule has 6 nitrogen and oxygen atoms in total. The smallest absolute Gasteiger partial charge is 0.240 e. The second kappa shape index (κ2) is 6.32. The minimum Gasteiger partial charge on any atom is -0.387 e. The van der Waals surface area contributed by atoms with E-state index in [9.17, 15) is 23.9 Å². The third kappa shape index (κ3) is 2.72. The Kier molecular flexibility index (Phi) is 4.11. The zero-order valence-corrected chi connectivity index (χ0v) is 14.0. The summed E-state index contributed by atoms with van der Waals surface area (Å²) in [4.78, 5) is 38.2. The van der Waals surface area contributed by atoms with E-state index >= 15 is 0 Å². The number of aliphatic hydroxyl groups excluding tert-OH is 1. The molecule has 0 unspecified atom stereocenters. The van der Waals surface area contributed by atoms with E-state index in [1.165, 1.54) is 24.3 Å². The quantitative estimate of drug-likeness (QED) is 0.602. The SMILES string of the molecule is O=C(CN1C(=O)[C@@H]2[C@H](C1=O)[C@H]1C=C[C@H]2C1)NC[C@@H](O)c1ccc(F)cc1. The van der Waals surface area contributed by atoms with Gasteiger partial charge in [-0.05, 0) is 36.0 Å². The summed E-state index contributed by atoms with van der Waals surface area (Å²) in [6.45, 7) is -0.416. The van der Waals surface area contributed by atoms with E-state index in [0.717, 1.165) is 11.3 Å². The number of carbonyl (C=O) groups excluding carboxylic acids is 3. The molecular weight excluding hydrogens is 339 g/mol. The molecule has 4 rings (SSSR count). The van der Waals surface area contributed by atoms with Gasteiger partial charge in [-0.1, -0.05) is 24.3 Å². The van der Waals surface area contributed by atoms with Gasteiger partial charge in [-0.25, -0.2) is 4.39 Å². The summed E-state index contributed by atoms with van der Waals surface area (Å²) in [5.74, 6) is -1.90. The Morgan fingerprint density at radius 2 is 1.73 bits per heavy atom. The van der Waals surface area contributed by atoms with E-state index in [1.54, 1.807) is 0 Å². The zero-order valence-electron chi connectivity index (χ0n) is 14.0. The van der Waals surface area contributed by atoms with Crippen molar-refractivity contribution in [1.29, 1.82) is 0 Å². The second-order valence-corrected chi connectivity index (χ2v) is 7.13. The summed E-state index contributed by atoms with van der Waals surface area (Å²) in [7, 11) is 0. The van der Waals surface area contributed by atoms with Crippen molar-refractivity contribution in [3.8, 4) is 0 Å². The van der Waals surface area contributed by atoms with Gasteiger partial charge in [0.05, 0.1) is 17.9 Å². The first-order valence-electron chi connectivity index (χ1n) is 8.69. The maximum atomic E-state index is 12.9. The van der Waals surface area contributed by atoms with Gasteiger partial charge in [0.1, 0.15) is 12.4 Å². The molecule has 1 aliphatic heterocycles. The third-order valence-electron chi connectivity index (χ3n) is 5.61. The summed E-state index contributed by atoms with van der Waals surface area (Å²) >= 11 is 0. The molecular formula is C19H19FN2O4. The van der Waals surface area contributed by atoms with Crippen LogP contribution >= 0.6 is 0 Å². The Morgan fingerprint density at radius 3 is 2.31 bits per heavy atom. The fourth-order valence-electron chi connectivity index (χ4n) is 4.33. The molecule has 2 aliphatic carbocycles. The number of hydrogen-bond acceptors (Lipinski definition) is 4. The fourth-order valence-corrected chi connectivity index (χ4v) is 4.33. The number of rotatable bonds is 5. The molecule has 2 bridgehead atoms. The minimum absolute atomic E-state index is 0.0830. The molecule has 2 N–H and O–H groups in total. The van der Waals surface area contributed by atoms with E-state index in [2.05, 4.69) is 5.32 Å². The maximum Gasteiger partial charge on any atom is 0.240 e. The molecule has 3 amide bonds. The summed E-state index contributed by atoms with van der Waals surface area (Å²) < 4.78 is 12.9. The first kappa shape index (κ1) is 16.9. The summed E-state index contributed by atoms with van der Waals surface area (Å²) in [5.41, 5.74) is 0.470. The van der Waals surface area contributed by atoms with Crippen LogP contribution in [0.3, 0.4) is 0 Å². The van der Waals surface area contributed by atoms with Gasteiger partial charge in [0.15, 0.2) is 0 Å². The molecule has 1 aromatic carbocycles. The average Bonchev–Trinajstić information content (AvgIpc) is 3.30. The number of fused-ring (bicyclic) bond motifs is 5. The number of amides is 3. The predicted molar refractivity (Wildman–Crippen MR) is 88.8 cm³/mol. The molecule has 3 aliphatic rings. The highest BCUT2D eigenvalue weighted by molar-refractivity contribution is 6.08. The lowest BCUT2D eigenvalue weighted by molar-refractivity contribution is -0.144. The van der Waals surface area contributed by atoms with Gasteiger partial charge in [-0.15, -0.1) is 0 Å². The summed E-state index contributed by atoms with van der Waals surface area (Å²) in [6, 6.07) is 5.32. The van der Waals surface area contributed by atoms with Gasteiger partial charge in [-0.2, -0.15) is 0 Å². The molecule has 7 heteroatoms. The molecule has 1 aromatic rings. The number of aliphatic hydroxyl groups is 1. The number of likely N-dealkylation sites (tertiary alicyclic amines) is 1. The monoisotopic (exact) mass is 358 g/mol. The van der Waals surface area contributed by atoms with E-state index in [1.807, 2.05) is 12.2 Å². The largest absolute Gasteiger partial charge is 0.387 e. The Labute approximate surface area is 149 Å². The van der Waals surface area contributed by atoms with Crippen molar-refractivity contribution < 1.29 is 23.9 Å². The van der Waals surface area contributed by atoms with Crippen LogP contribution in [0.5, 0.6) is 0 Å². The Morgan fingerprint density at radius 1 is 1.15 bits per heavy atom. The van der Waals surface area contributed by atoms with Gasteiger partial charge in [0, 0.05) is 6.54 Å². The van der Waals surface area contributed by atoms with Crippen molar-refractivity contribution in [2.45, 2.75) is 12.5 Å². The Balaban J connectivity index is 1.33. The number of imide groups is 1. The number of carbonyl (C=O) groups is 3. The van der Waals surface area contributed by atoms with Crippen molar-refractivity contribution in [2.75, 3.05) is 13.1 Å². The van der Waals surface area contributed by atoms with Crippen LogP contribution < -0.4 is 5.32 Å². The van der Waals surface area contributed by atoms with Gasteiger partial charge in [0.2, 0.25) is 17.7 Å². The second-order valence-electron chi connectivity index (χ2n) is 7.13. The summed E-state index contributed by atoms with van der Waals surface area (Å²) in [5, 5.41) is 12.6. The topological polar surface area (TPSA) is 86.7 Å². The number of benzene rings is 1. The molecule has 0 radical (unpaired) electrons. The van der Waals surface area contributed by atoms with Crippen LogP contribution in [0.1, 0.15) is 18.1 Å². The maximum absolute atomic E-state index is 12.9. The van der Waals surface area contributed by atoms with Crippen LogP contribution in [0.15, 0.2) is 36.4 Å². The average molecular weight is 358 g/mol. The Hall–Kier alpha value is -2.54. The lowest BCUT2D eigenvalue weighted by atomic mass is 9.85. The highest BCUT2D eigenvalue weighted by Gasteiger charge is 2.59. The summed E-state index contributed by atoms with van der Waals surface area (Å²) in [6.07, 6.45) is 3.85. The van der Waals surface area contributed by atoms with Crippen LogP contribution in [-0.2, 0) is 14.4 Å². The minimum atomic E-state index is -0.996. The van der Waals surface area contributed by atoms with Crippen molar-refractivity contribution in [2.24, 2.45) is 23.7 Å². The van der Waals surface area contributed by atoms with Gasteiger partial charge >= 0.3 is 0 Å². The number of nitrogens with zero attached hydrogens (tertiary/aromatic N) is 1. The van der Waals surface area contributed by atoms with Crippen molar-refractivity contribution in [3.63, 3.8) is 0 Å². The van der Waals surface area contributed by atoms with Gasteiger partial charge in [-0.3, -0.25) is 19.3 Å². The highest BCUT2D eigenvalue weighted by atomic mass is 19.1. The van der Waals surface area contributed by atoms with Crippen LogP contribution in [0.4, 0.5) is 4.39 Å². The van der Waals surface area contributed by atoms with Crippen LogP contribution in [-0.4, -0.2) is 40.8 Å². The molecule has 136 valence electrons. The fraction of sp³-hybridized carbons (Fsp3) is 0.421. The molecule has 1 saturated heterocycles. The normalized spacial score (nSPS) is 30.0. The van der Waals surface area contributed by atoms with E-state index < -0.39 is 17.8 Å². The van der Waals surface area contributed by atoms with Crippen LogP contribution in [0.2, 0.25) is 0 Å². The van der Waals surface area contributed by atoms with E-state index in [-0.39, 0.29) is 48.6 Å². The number of hydrogen-bond donors (Lipinski definition) is 2. The highest BCUT2D eigenvalue weighted by Crippen LogP contribution is 2.52. The molecule has 0 aromatic heterocycles. The first-order chi connectivity index (χ1) is 12.5. The van der Waals surface area contributed by atoms with Crippen LogP contribution in [0.25, 0.3) is 0 Å². The molecule has 0 spiro atoms. The third-order valence-corrected chi connectivity index (χ3v) is 5.61. The standard InChI is InChI=1S/C19H19FN2O4/c20-13-5-3-10(4-6-13)14(23)8-21-15(24)9-22-18(25)16-11-1-2-12(7-11)17(16)19(22)26/h1-6,11-12,14,16-17,23H,7-9H2,(H,21,24)/t11-,12-,14+,16-,17+/m0/s1. The number of allylic oxidation sites excluding steroid dienone is 2. The predicted octanol–water partition coefficient (Wildman–Crippen LogP) is 0.782.